The molecule has 0 amide bonds. The second kappa shape index (κ2) is 10.9. The van der Waals surface area contributed by atoms with Crippen LogP contribution in [-0.4, -0.2) is 48.8 Å². The van der Waals surface area contributed by atoms with Crippen molar-refractivity contribution in [2.75, 3.05) is 32.8 Å². The van der Waals surface area contributed by atoms with Crippen molar-refractivity contribution in [2.24, 2.45) is 0 Å². The van der Waals surface area contributed by atoms with Gasteiger partial charge in [0.2, 0.25) is 0 Å². The Bertz CT molecular complexity index is 209. The van der Waals surface area contributed by atoms with Crippen LogP contribution in [0, 0.1) is 0 Å². The highest BCUT2D eigenvalue weighted by atomic mass is 35.5. The van der Waals surface area contributed by atoms with Crippen LogP contribution in [0.2, 0.25) is 0 Å². The number of hydrogen-bond donors (Lipinski definition) is 1. The molecule has 0 aromatic heterocycles. The molecule has 5 heteroatoms. The Balaban J connectivity index is 0. The van der Waals surface area contributed by atoms with Crippen LogP contribution in [0.1, 0.15) is 20.3 Å². The van der Waals surface area contributed by atoms with Gasteiger partial charge in [-0.1, -0.05) is 13.5 Å². The van der Waals surface area contributed by atoms with E-state index in [0.29, 0.717) is 18.7 Å². The third-order valence-electron chi connectivity index (χ3n) is 2.06. The molecule has 0 spiro atoms. The molecule has 0 aliphatic heterocycles. The van der Waals surface area contributed by atoms with Crippen LogP contribution < -0.4 is 0 Å². The number of halogens is 1. The lowest BCUT2D eigenvalue weighted by atomic mass is 10.3. The van der Waals surface area contributed by atoms with Gasteiger partial charge in [0, 0.05) is 18.7 Å². The minimum atomic E-state index is -0.333. The number of hydrogen-bond acceptors (Lipinski definition) is 4. The summed E-state index contributed by atoms with van der Waals surface area (Å²) in [5.74, 6) is -0.333. The van der Waals surface area contributed by atoms with Gasteiger partial charge in [-0.05, 0) is 19.9 Å². The van der Waals surface area contributed by atoms with Gasteiger partial charge in [0.05, 0.1) is 13.2 Å². The Morgan fingerprint density at radius 3 is 2.50 bits per heavy atom. The largest absolute Gasteiger partial charge is 0.462 e. The number of nitrogens with zero attached hydrogens (tertiary/aromatic N) is 1. The zero-order chi connectivity index (χ0) is 11.7. The zero-order valence-electron chi connectivity index (χ0n) is 10.1. The van der Waals surface area contributed by atoms with Crippen LogP contribution in [0.4, 0.5) is 0 Å². The molecule has 0 radical (unpaired) electrons. The second-order valence-corrected chi connectivity index (χ2v) is 3.43. The van der Waals surface area contributed by atoms with E-state index < -0.39 is 0 Å². The molecule has 0 heterocycles. The van der Waals surface area contributed by atoms with Crippen LogP contribution in [0.25, 0.3) is 0 Å². The number of ether oxygens (including phenoxy) is 1. The Morgan fingerprint density at radius 1 is 1.44 bits per heavy atom. The summed E-state index contributed by atoms with van der Waals surface area (Å²) >= 11 is 0. The first-order chi connectivity index (χ1) is 7.11. The minimum absolute atomic E-state index is 0. The summed E-state index contributed by atoms with van der Waals surface area (Å²) in [7, 11) is 0. The van der Waals surface area contributed by atoms with Gasteiger partial charge in [-0.15, -0.1) is 12.4 Å². The summed E-state index contributed by atoms with van der Waals surface area (Å²) < 4.78 is 4.95. The summed E-state index contributed by atoms with van der Waals surface area (Å²) in [5.41, 5.74) is 0.428. The number of rotatable bonds is 8. The standard InChI is InChI=1S/C11H21NO3.ClH/c1-4-12(7-8-13)6-5-9-15-11(14)10(2)3;/h13H,2,4-9H2,1,3H3;1H. The highest BCUT2D eigenvalue weighted by molar-refractivity contribution is 5.86. The van der Waals surface area contributed by atoms with Crippen LogP contribution >= 0.6 is 12.4 Å². The van der Waals surface area contributed by atoms with E-state index >= 15 is 0 Å². The lowest BCUT2D eigenvalue weighted by Gasteiger charge is -2.18. The van der Waals surface area contributed by atoms with Gasteiger partial charge >= 0.3 is 5.97 Å². The fourth-order valence-corrected chi connectivity index (χ4v) is 1.15. The van der Waals surface area contributed by atoms with E-state index in [1.807, 2.05) is 6.92 Å². The van der Waals surface area contributed by atoms with Crippen molar-refractivity contribution in [2.45, 2.75) is 20.3 Å². The average Bonchev–Trinajstić information content (AvgIpc) is 2.22. The Hall–Kier alpha value is -0.580. The predicted octanol–water partition coefficient (Wildman–Crippen LogP) is 1.23. The van der Waals surface area contributed by atoms with E-state index in [0.717, 1.165) is 19.5 Å². The molecule has 0 bridgehead atoms. The van der Waals surface area contributed by atoms with Crippen molar-refractivity contribution >= 4 is 18.4 Å². The van der Waals surface area contributed by atoms with Crippen LogP contribution in [0.3, 0.4) is 0 Å². The Morgan fingerprint density at radius 2 is 2.06 bits per heavy atom. The number of esters is 1. The molecular weight excluding hydrogens is 230 g/mol. The van der Waals surface area contributed by atoms with Crippen molar-refractivity contribution in [1.82, 2.24) is 4.90 Å². The van der Waals surface area contributed by atoms with Gasteiger partial charge < -0.3 is 14.7 Å². The van der Waals surface area contributed by atoms with Crippen LogP contribution in [0.5, 0.6) is 0 Å². The van der Waals surface area contributed by atoms with E-state index in [4.69, 9.17) is 9.84 Å². The SMILES string of the molecule is C=C(C)C(=O)OCCCN(CC)CCO.Cl. The molecule has 0 unspecified atom stereocenters. The molecule has 1 N–H and O–H groups in total. The lowest BCUT2D eigenvalue weighted by molar-refractivity contribution is -0.139. The molecule has 0 aromatic rings. The fraction of sp³-hybridized carbons (Fsp3) is 0.727. The van der Waals surface area contributed by atoms with Gasteiger partial charge in [0.25, 0.3) is 0 Å². The van der Waals surface area contributed by atoms with Gasteiger partial charge in [-0.25, -0.2) is 4.79 Å². The van der Waals surface area contributed by atoms with Gasteiger partial charge in [-0.2, -0.15) is 0 Å². The highest BCUT2D eigenvalue weighted by Gasteiger charge is 2.04. The van der Waals surface area contributed by atoms with E-state index in [1.54, 1.807) is 6.92 Å². The summed E-state index contributed by atoms with van der Waals surface area (Å²) in [6.45, 7) is 10.1. The molecule has 0 saturated carbocycles. The van der Waals surface area contributed by atoms with Crippen molar-refractivity contribution in [3.05, 3.63) is 12.2 Å². The first-order valence-electron chi connectivity index (χ1n) is 5.27. The fourth-order valence-electron chi connectivity index (χ4n) is 1.15. The topological polar surface area (TPSA) is 49.8 Å². The number of likely N-dealkylation sites (N-methyl/N-ethyl adjacent to an activating group) is 1. The summed E-state index contributed by atoms with van der Waals surface area (Å²) in [4.78, 5) is 13.1. The number of carbonyl (C=O) groups is 1. The van der Waals surface area contributed by atoms with Gasteiger partial charge in [0.1, 0.15) is 0 Å². The maximum atomic E-state index is 11.0. The number of aliphatic hydroxyl groups is 1. The molecular formula is C11H22ClNO3. The number of aliphatic hydroxyl groups excluding tert-OH is 1. The highest BCUT2D eigenvalue weighted by Crippen LogP contribution is 1.95. The van der Waals surface area contributed by atoms with Gasteiger partial charge in [-0.3, -0.25) is 0 Å². The lowest BCUT2D eigenvalue weighted by Crippen LogP contribution is -2.28. The first-order valence-corrected chi connectivity index (χ1v) is 5.27. The quantitative estimate of drug-likeness (QED) is 0.401. The molecule has 0 fully saturated rings. The number of carbonyl (C=O) groups excluding carboxylic acids is 1. The van der Waals surface area contributed by atoms with Crippen molar-refractivity contribution in [3.63, 3.8) is 0 Å². The molecule has 0 atom stereocenters. The summed E-state index contributed by atoms with van der Waals surface area (Å²) in [6, 6.07) is 0. The molecule has 16 heavy (non-hydrogen) atoms. The molecule has 96 valence electrons. The molecule has 0 aliphatic carbocycles. The van der Waals surface area contributed by atoms with Gasteiger partial charge in [0.15, 0.2) is 0 Å². The van der Waals surface area contributed by atoms with Crippen molar-refractivity contribution in [3.8, 4) is 0 Å². The van der Waals surface area contributed by atoms with E-state index in [2.05, 4.69) is 11.5 Å². The molecule has 4 nitrogen and oxygen atoms in total. The predicted molar refractivity (Wildman–Crippen MR) is 66.8 cm³/mol. The monoisotopic (exact) mass is 251 g/mol. The van der Waals surface area contributed by atoms with Crippen LogP contribution in [-0.2, 0) is 9.53 Å². The molecule has 0 saturated heterocycles. The second-order valence-electron chi connectivity index (χ2n) is 3.43. The normalized spacial score (nSPS) is 9.75. The minimum Gasteiger partial charge on any atom is -0.462 e. The van der Waals surface area contributed by atoms with Crippen molar-refractivity contribution < 1.29 is 14.6 Å². The smallest absolute Gasteiger partial charge is 0.333 e. The Labute approximate surface area is 104 Å². The Kier molecular flexibility index (Phi) is 12.2. The maximum Gasteiger partial charge on any atom is 0.333 e. The van der Waals surface area contributed by atoms with E-state index in [-0.39, 0.29) is 25.0 Å². The van der Waals surface area contributed by atoms with E-state index in [1.165, 1.54) is 0 Å². The third kappa shape index (κ3) is 8.71. The van der Waals surface area contributed by atoms with Crippen LogP contribution in [0.15, 0.2) is 12.2 Å². The van der Waals surface area contributed by atoms with Crippen molar-refractivity contribution in [1.29, 1.82) is 0 Å². The molecule has 0 aromatic carbocycles. The third-order valence-corrected chi connectivity index (χ3v) is 2.06. The maximum absolute atomic E-state index is 11.0. The van der Waals surface area contributed by atoms with E-state index in [9.17, 15) is 4.79 Å². The molecule has 0 rings (SSSR count). The summed E-state index contributed by atoms with van der Waals surface area (Å²) in [6.07, 6.45) is 0.785. The summed E-state index contributed by atoms with van der Waals surface area (Å²) in [5, 5.41) is 8.75. The average molecular weight is 252 g/mol. The molecule has 0 aliphatic rings. The zero-order valence-corrected chi connectivity index (χ0v) is 10.9. The first kappa shape index (κ1) is 17.8.